The third kappa shape index (κ3) is 3.08. The standard InChI is InChI=1S/C11H8F12O/c1-3-5(24)4(2)6(12)7(13,14)8(15,16)9(17,18)10(19,20)11(21,22)23/h3H2,1-2H3. The highest BCUT2D eigenvalue weighted by Crippen LogP contribution is 2.59. The summed E-state index contributed by atoms with van der Waals surface area (Å²) in [6.07, 6.45) is -8.08. The molecule has 0 N–H and O–H groups in total. The van der Waals surface area contributed by atoms with Gasteiger partial charge in [0.05, 0.1) is 0 Å². The second-order valence-electron chi connectivity index (χ2n) is 4.51. The highest BCUT2D eigenvalue weighted by molar-refractivity contribution is 5.95. The van der Waals surface area contributed by atoms with Crippen molar-refractivity contribution >= 4 is 5.78 Å². The Labute approximate surface area is 126 Å². The van der Waals surface area contributed by atoms with Gasteiger partial charge in [0.15, 0.2) is 11.6 Å². The van der Waals surface area contributed by atoms with E-state index < -0.39 is 53.5 Å². The number of allylic oxidation sites excluding steroid dienone is 2. The highest BCUT2D eigenvalue weighted by atomic mass is 19.4. The quantitative estimate of drug-likeness (QED) is 0.448. The molecule has 0 unspecified atom stereocenters. The molecule has 0 atom stereocenters. The molecule has 0 aromatic heterocycles. The molecule has 0 heterocycles. The van der Waals surface area contributed by atoms with Crippen LogP contribution in [-0.4, -0.2) is 35.6 Å². The zero-order chi connectivity index (χ0) is 19.9. The van der Waals surface area contributed by atoms with Gasteiger partial charge in [0.2, 0.25) is 0 Å². The van der Waals surface area contributed by atoms with Gasteiger partial charge in [0.25, 0.3) is 0 Å². The van der Waals surface area contributed by atoms with Crippen molar-refractivity contribution in [3.8, 4) is 0 Å². The molecular weight excluding hydrogens is 376 g/mol. The molecule has 0 aliphatic carbocycles. The number of ketones is 1. The van der Waals surface area contributed by atoms with Gasteiger partial charge in [0, 0.05) is 12.0 Å². The van der Waals surface area contributed by atoms with Gasteiger partial charge in [-0.15, -0.1) is 0 Å². The maximum absolute atomic E-state index is 13.3. The Morgan fingerprint density at radius 3 is 1.42 bits per heavy atom. The molecule has 13 heteroatoms. The first kappa shape index (κ1) is 22.6. The van der Waals surface area contributed by atoms with Crippen LogP contribution < -0.4 is 0 Å². The molecule has 0 saturated heterocycles. The predicted octanol–water partition coefficient (Wildman–Crippen LogP) is 5.31. The van der Waals surface area contributed by atoms with Crippen LogP contribution in [0.25, 0.3) is 0 Å². The van der Waals surface area contributed by atoms with Crippen molar-refractivity contribution < 1.29 is 57.5 Å². The lowest BCUT2D eigenvalue weighted by atomic mass is 9.95. The van der Waals surface area contributed by atoms with Crippen LogP contribution in [-0.2, 0) is 4.79 Å². The molecule has 0 spiro atoms. The third-order valence-electron chi connectivity index (χ3n) is 2.88. The molecule has 1 nitrogen and oxygen atoms in total. The molecule has 24 heavy (non-hydrogen) atoms. The van der Waals surface area contributed by atoms with Gasteiger partial charge in [-0.2, -0.15) is 48.3 Å². The van der Waals surface area contributed by atoms with Crippen LogP contribution in [0.15, 0.2) is 11.4 Å². The minimum Gasteiger partial charge on any atom is -0.294 e. The van der Waals surface area contributed by atoms with E-state index in [2.05, 4.69) is 0 Å². The molecule has 142 valence electrons. The largest absolute Gasteiger partial charge is 0.460 e. The summed E-state index contributed by atoms with van der Waals surface area (Å²) >= 11 is 0. The van der Waals surface area contributed by atoms with Crippen LogP contribution in [0.3, 0.4) is 0 Å². The molecule has 0 aromatic rings. The maximum atomic E-state index is 13.3. The number of rotatable bonds is 6. The van der Waals surface area contributed by atoms with Crippen LogP contribution in [0.2, 0.25) is 0 Å². The van der Waals surface area contributed by atoms with E-state index in [-0.39, 0.29) is 6.92 Å². The van der Waals surface area contributed by atoms with Gasteiger partial charge < -0.3 is 0 Å². The van der Waals surface area contributed by atoms with E-state index in [1.807, 2.05) is 0 Å². The lowest BCUT2D eigenvalue weighted by Gasteiger charge is -2.36. The van der Waals surface area contributed by atoms with Crippen molar-refractivity contribution in [2.75, 3.05) is 0 Å². The van der Waals surface area contributed by atoms with E-state index in [0.717, 1.165) is 6.92 Å². The van der Waals surface area contributed by atoms with Crippen LogP contribution in [0.5, 0.6) is 0 Å². The Kier molecular flexibility index (Phi) is 5.77. The summed E-state index contributed by atoms with van der Waals surface area (Å²) in [5.41, 5.74) is -1.81. The second kappa shape index (κ2) is 6.14. The highest BCUT2D eigenvalue weighted by Gasteiger charge is 2.88. The fourth-order valence-electron chi connectivity index (χ4n) is 1.33. The van der Waals surface area contributed by atoms with Crippen molar-refractivity contribution in [3.63, 3.8) is 0 Å². The molecular formula is C11H8F12O. The Balaban J connectivity index is 6.36. The number of halogens is 12. The van der Waals surface area contributed by atoms with E-state index in [0.29, 0.717) is 0 Å². The summed E-state index contributed by atoms with van der Waals surface area (Å²) in [5, 5.41) is 0. The number of carbonyl (C=O) groups excluding carboxylic acids is 1. The Morgan fingerprint density at radius 1 is 0.750 bits per heavy atom. The lowest BCUT2D eigenvalue weighted by molar-refractivity contribution is -0.419. The minimum atomic E-state index is -7.71. The first-order valence-electron chi connectivity index (χ1n) is 5.78. The first-order valence-corrected chi connectivity index (χ1v) is 5.78. The normalized spacial score (nSPS) is 16.1. The smallest absolute Gasteiger partial charge is 0.294 e. The van der Waals surface area contributed by atoms with E-state index in [1.165, 1.54) is 0 Å². The minimum absolute atomic E-state index is 0.158. The second-order valence-corrected chi connectivity index (χ2v) is 4.51. The van der Waals surface area contributed by atoms with Crippen molar-refractivity contribution in [1.82, 2.24) is 0 Å². The summed E-state index contributed by atoms with van der Waals surface area (Å²) in [6, 6.07) is 0. The zero-order valence-electron chi connectivity index (χ0n) is 11.7. The van der Waals surface area contributed by atoms with Crippen molar-refractivity contribution in [2.24, 2.45) is 0 Å². The average Bonchev–Trinajstić information content (AvgIpc) is 2.42. The van der Waals surface area contributed by atoms with Gasteiger partial charge in [0.1, 0.15) is 0 Å². The van der Waals surface area contributed by atoms with Gasteiger partial charge in [-0.05, 0) is 6.92 Å². The van der Waals surface area contributed by atoms with Gasteiger partial charge in [-0.25, -0.2) is 4.39 Å². The van der Waals surface area contributed by atoms with Crippen molar-refractivity contribution in [3.05, 3.63) is 11.4 Å². The Hall–Kier alpha value is -1.43. The molecule has 0 saturated carbocycles. The van der Waals surface area contributed by atoms with Crippen LogP contribution in [0.1, 0.15) is 20.3 Å². The van der Waals surface area contributed by atoms with E-state index in [9.17, 15) is 57.5 Å². The molecule has 0 radical (unpaired) electrons. The molecule has 0 aliphatic rings. The molecule has 0 rings (SSSR count). The molecule has 0 aliphatic heterocycles. The summed E-state index contributed by atoms with van der Waals surface area (Å²) in [4.78, 5) is 10.9. The summed E-state index contributed by atoms with van der Waals surface area (Å²) in [6.45, 7) is 1.09. The fourth-order valence-corrected chi connectivity index (χ4v) is 1.33. The van der Waals surface area contributed by atoms with E-state index in [1.54, 1.807) is 0 Å². The van der Waals surface area contributed by atoms with Gasteiger partial charge >= 0.3 is 29.9 Å². The monoisotopic (exact) mass is 384 g/mol. The van der Waals surface area contributed by atoms with Crippen LogP contribution >= 0.6 is 0 Å². The predicted molar refractivity (Wildman–Crippen MR) is 54.9 cm³/mol. The number of hydrogen-bond acceptors (Lipinski definition) is 1. The fraction of sp³-hybridized carbons (Fsp3) is 0.727. The number of hydrogen-bond donors (Lipinski definition) is 0. The Bertz CT molecular complexity index is 528. The third-order valence-corrected chi connectivity index (χ3v) is 2.88. The molecule has 0 bridgehead atoms. The average molecular weight is 384 g/mol. The van der Waals surface area contributed by atoms with Gasteiger partial charge in [-0.3, -0.25) is 4.79 Å². The van der Waals surface area contributed by atoms with Crippen molar-refractivity contribution in [1.29, 1.82) is 0 Å². The zero-order valence-corrected chi connectivity index (χ0v) is 11.7. The number of Topliss-reactive ketones (excluding diaryl/α,β-unsaturated/α-hetero) is 1. The van der Waals surface area contributed by atoms with Gasteiger partial charge in [-0.1, -0.05) is 6.92 Å². The lowest BCUT2D eigenvalue weighted by Crippen LogP contribution is -2.66. The molecule has 0 aromatic carbocycles. The number of alkyl halides is 11. The van der Waals surface area contributed by atoms with Crippen LogP contribution in [0, 0.1) is 0 Å². The SMILES string of the molecule is CCC(=O)C(C)=C(F)C(F)(F)C(F)(F)C(F)(F)C(F)(F)C(F)(F)F. The Morgan fingerprint density at radius 2 is 1.12 bits per heavy atom. The summed E-state index contributed by atoms with van der Waals surface area (Å²) in [5.74, 6) is -34.7. The van der Waals surface area contributed by atoms with E-state index >= 15 is 0 Å². The number of carbonyl (C=O) groups is 1. The first-order chi connectivity index (χ1) is 10.3. The summed E-state index contributed by atoms with van der Waals surface area (Å²) < 4.78 is 152. The van der Waals surface area contributed by atoms with Crippen LogP contribution in [0.4, 0.5) is 52.7 Å². The topological polar surface area (TPSA) is 17.1 Å². The molecule has 0 amide bonds. The maximum Gasteiger partial charge on any atom is 0.460 e. The summed E-state index contributed by atoms with van der Waals surface area (Å²) in [7, 11) is 0. The van der Waals surface area contributed by atoms with Crippen molar-refractivity contribution in [2.45, 2.75) is 50.1 Å². The van der Waals surface area contributed by atoms with E-state index in [4.69, 9.17) is 0 Å². The molecule has 0 fully saturated rings.